The Bertz CT molecular complexity index is 557. The minimum absolute atomic E-state index is 0.0582. The van der Waals surface area contributed by atoms with Gasteiger partial charge >= 0.3 is 0 Å². The molecule has 0 fully saturated rings. The monoisotopic (exact) mass is 299 g/mol. The predicted octanol–water partition coefficient (Wildman–Crippen LogP) is 2.44. The van der Waals surface area contributed by atoms with E-state index >= 15 is 0 Å². The van der Waals surface area contributed by atoms with Crippen LogP contribution < -0.4 is 5.32 Å². The molecule has 1 amide bonds. The molecule has 1 unspecified atom stereocenters. The molecule has 2 aromatic carbocycles. The standard InChI is InChI=1S/C18H21NO3/c20-17(16-9-5-2-6-10-16)13-18(21)19-11-12-22-14-15-7-3-1-4-8-15/h1-10,17,20H,11-14H2,(H,19,21). The minimum atomic E-state index is -0.772. The Morgan fingerprint density at radius 3 is 2.36 bits per heavy atom. The quantitative estimate of drug-likeness (QED) is 0.736. The highest BCUT2D eigenvalue weighted by Gasteiger charge is 2.11. The largest absolute Gasteiger partial charge is 0.388 e. The van der Waals surface area contributed by atoms with Crippen molar-refractivity contribution < 1.29 is 14.6 Å². The Labute approximate surface area is 130 Å². The van der Waals surface area contributed by atoms with Gasteiger partial charge in [0.25, 0.3) is 0 Å². The van der Waals surface area contributed by atoms with Crippen molar-refractivity contribution in [2.75, 3.05) is 13.2 Å². The first-order valence-electron chi connectivity index (χ1n) is 7.37. The number of benzene rings is 2. The number of amides is 1. The van der Waals surface area contributed by atoms with Gasteiger partial charge in [-0.2, -0.15) is 0 Å². The lowest BCUT2D eigenvalue weighted by molar-refractivity contribution is -0.123. The van der Waals surface area contributed by atoms with Gasteiger partial charge in [-0.15, -0.1) is 0 Å². The molecule has 0 heterocycles. The van der Waals surface area contributed by atoms with Crippen LogP contribution in [0.5, 0.6) is 0 Å². The molecule has 0 spiro atoms. The van der Waals surface area contributed by atoms with Gasteiger partial charge in [-0.05, 0) is 11.1 Å². The minimum Gasteiger partial charge on any atom is -0.388 e. The maximum absolute atomic E-state index is 11.7. The van der Waals surface area contributed by atoms with Crippen LogP contribution in [0.1, 0.15) is 23.7 Å². The molecule has 0 aliphatic rings. The molecule has 2 N–H and O–H groups in total. The third-order valence-corrected chi connectivity index (χ3v) is 3.24. The molecule has 2 aromatic rings. The molecule has 4 heteroatoms. The second kappa shape index (κ2) is 8.97. The zero-order chi connectivity index (χ0) is 15.6. The second-order valence-corrected chi connectivity index (χ2v) is 5.02. The SMILES string of the molecule is O=C(CC(O)c1ccccc1)NCCOCc1ccccc1. The lowest BCUT2D eigenvalue weighted by Crippen LogP contribution is -2.28. The van der Waals surface area contributed by atoms with Crippen molar-refractivity contribution in [3.8, 4) is 0 Å². The third-order valence-electron chi connectivity index (χ3n) is 3.24. The van der Waals surface area contributed by atoms with Crippen molar-refractivity contribution in [3.63, 3.8) is 0 Å². The summed E-state index contributed by atoms with van der Waals surface area (Å²) in [5, 5.41) is 12.7. The van der Waals surface area contributed by atoms with E-state index in [4.69, 9.17) is 4.74 Å². The van der Waals surface area contributed by atoms with Crippen LogP contribution in [0, 0.1) is 0 Å². The maximum atomic E-state index is 11.7. The van der Waals surface area contributed by atoms with Crippen LogP contribution in [0.2, 0.25) is 0 Å². The average Bonchev–Trinajstić information content (AvgIpc) is 2.56. The predicted molar refractivity (Wildman–Crippen MR) is 85.1 cm³/mol. The van der Waals surface area contributed by atoms with E-state index < -0.39 is 6.10 Å². The number of nitrogens with one attached hydrogen (secondary N) is 1. The molecule has 0 aromatic heterocycles. The molecule has 0 saturated carbocycles. The summed E-state index contributed by atoms with van der Waals surface area (Å²) in [6, 6.07) is 19.0. The highest BCUT2D eigenvalue weighted by atomic mass is 16.5. The number of carbonyl (C=O) groups excluding carboxylic acids is 1. The van der Waals surface area contributed by atoms with Crippen molar-refractivity contribution in [2.45, 2.75) is 19.1 Å². The normalized spacial score (nSPS) is 11.9. The Morgan fingerprint density at radius 2 is 1.68 bits per heavy atom. The van der Waals surface area contributed by atoms with Gasteiger partial charge in [0.05, 0.1) is 25.7 Å². The summed E-state index contributed by atoms with van der Waals surface area (Å²) >= 11 is 0. The number of aliphatic hydroxyl groups excluding tert-OH is 1. The molecule has 0 aliphatic carbocycles. The first kappa shape index (κ1) is 16.2. The van der Waals surface area contributed by atoms with E-state index in [0.29, 0.717) is 19.8 Å². The lowest BCUT2D eigenvalue weighted by atomic mass is 10.1. The molecular weight excluding hydrogens is 278 g/mol. The summed E-state index contributed by atoms with van der Waals surface area (Å²) in [5.41, 5.74) is 1.85. The Balaban J connectivity index is 1.60. The van der Waals surface area contributed by atoms with Crippen molar-refractivity contribution in [1.82, 2.24) is 5.32 Å². The number of hydrogen-bond acceptors (Lipinski definition) is 3. The fourth-order valence-electron chi connectivity index (χ4n) is 2.07. The van der Waals surface area contributed by atoms with Gasteiger partial charge in [0, 0.05) is 6.54 Å². The van der Waals surface area contributed by atoms with Gasteiger partial charge in [0.1, 0.15) is 0 Å². The van der Waals surface area contributed by atoms with Crippen molar-refractivity contribution >= 4 is 5.91 Å². The Hall–Kier alpha value is -2.17. The van der Waals surface area contributed by atoms with Crippen molar-refractivity contribution in [2.24, 2.45) is 0 Å². The van der Waals surface area contributed by atoms with Gasteiger partial charge in [-0.3, -0.25) is 4.79 Å². The van der Waals surface area contributed by atoms with Crippen LogP contribution in [-0.4, -0.2) is 24.2 Å². The zero-order valence-electron chi connectivity index (χ0n) is 12.4. The third kappa shape index (κ3) is 5.68. The fourth-order valence-corrected chi connectivity index (χ4v) is 2.07. The second-order valence-electron chi connectivity index (χ2n) is 5.02. The van der Waals surface area contributed by atoms with Crippen LogP contribution in [0.15, 0.2) is 60.7 Å². The zero-order valence-corrected chi connectivity index (χ0v) is 12.4. The van der Waals surface area contributed by atoms with E-state index in [-0.39, 0.29) is 12.3 Å². The first-order valence-corrected chi connectivity index (χ1v) is 7.37. The molecule has 22 heavy (non-hydrogen) atoms. The highest BCUT2D eigenvalue weighted by Crippen LogP contribution is 2.15. The molecule has 1 atom stereocenters. The van der Waals surface area contributed by atoms with E-state index in [1.165, 1.54) is 0 Å². The molecule has 0 saturated heterocycles. The van der Waals surface area contributed by atoms with Gasteiger partial charge in [0.15, 0.2) is 0 Å². The molecule has 0 bridgehead atoms. The Kier molecular flexibility index (Phi) is 6.61. The highest BCUT2D eigenvalue weighted by molar-refractivity contribution is 5.76. The van der Waals surface area contributed by atoms with Crippen molar-refractivity contribution in [1.29, 1.82) is 0 Å². The van der Waals surface area contributed by atoms with E-state index in [1.54, 1.807) is 12.1 Å². The van der Waals surface area contributed by atoms with E-state index in [2.05, 4.69) is 5.32 Å². The van der Waals surface area contributed by atoms with Crippen LogP contribution in [0.3, 0.4) is 0 Å². The van der Waals surface area contributed by atoms with Gasteiger partial charge in [0.2, 0.25) is 5.91 Å². The summed E-state index contributed by atoms with van der Waals surface area (Å²) in [5.74, 6) is -0.181. The van der Waals surface area contributed by atoms with Crippen molar-refractivity contribution in [3.05, 3.63) is 71.8 Å². The van der Waals surface area contributed by atoms with Crippen LogP contribution in [-0.2, 0) is 16.1 Å². The summed E-state index contributed by atoms with van der Waals surface area (Å²) in [6.45, 7) is 1.42. The number of carbonyl (C=O) groups is 1. The van der Waals surface area contributed by atoms with E-state index in [0.717, 1.165) is 11.1 Å². The van der Waals surface area contributed by atoms with E-state index in [1.807, 2.05) is 48.5 Å². The molecule has 4 nitrogen and oxygen atoms in total. The molecule has 0 radical (unpaired) electrons. The molecule has 116 valence electrons. The molecular formula is C18H21NO3. The number of aliphatic hydroxyl groups is 1. The molecule has 2 rings (SSSR count). The fraction of sp³-hybridized carbons (Fsp3) is 0.278. The summed E-state index contributed by atoms with van der Waals surface area (Å²) in [6.07, 6.45) is -0.714. The molecule has 0 aliphatic heterocycles. The number of hydrogen-bond donors (Lipinski definition) is 2. The van der Waals surface area contributed by atoms with E-state index in [9.17, 15) is 9.90 Å². The maximum Gasteiger partial charge on any atom is 0.223 e. The lowest BCUT2D eigenvalue weighted by Gasteiger charge is -2.11. The smallest absolute Gasteiger partial charge is 0.223 e. The average molecular weight is 299 g/mol. The van der Waals surface area contributed by atoms with Crippen LogP contribution in [0.25, 0.3) is 0 Å². The van der Waals surface area contributed by atoms with Crippen LogP contribution in [0.4, 0.5) is 0 Å². The topological polar surface area (TPSA) is 58.6 Å². The number of rotatable bonds is 8. The number of ether oxygens (including phenoxy) is 1. The summed E-state index contributed by atoms with van der Waals surface area (Å²) in [7, 11) is 0. The summed E-state index contributed by atoms with van der Waals surface area (Å²) < 4.78 is 5.48. The Morgan fingerprint density at radius 1 is 1.05 bits per heavy atom. The van der Waals surface area contributed by atoms with Gasteiger partial charge in [-0.25, -0.2) is 0 Å². The van der Waals surface area contributed by atoms with Gasteiger partial charge < -0.3 is 15.2 Å². The summed E-state index contributed by atoms with van der Waals surface area (Å²) in [4.78, 5) is 11.7. The van der Waals surface area contributed by atoms with Gasteiger partial charge in [-0.1, -0.05) is 60.7 Å². The van der Waals surface area contributed by atoms with Crippen LogP contribution >= 0.6 is 0 Å². The first-order chi connectivity index (χ1) is 10.8.